The molecule has 2 aromatic carbocycles. The van der Waals surface area contributed by atoms with Gasteiger partial charge in [0, 0.05) is 67.5 Å². The fourth-order valence-electron chi connectivity index (χ4n) is 4.80. The van der Waals surface area contributed by atoms with Crippen LogP contribution < -0.4 is 10.1 Å². The minimum Gasteiger partial charge on any atom is -0.497 e. The van der Waals surface area contributed by atoms with Crippen molar-refractivity contribution in [3.63, 3.8) is 0 Å². The number of carbonyl (C=O) groups excluding carboxylic acids is 1. The second-order valence-electron chi connectivity index (χ2n) is 8.24. The maximum Gasteiger partial charge on any atom is 0.251 e. The molecule has 2 N–H and O–H groups in total. The molecule has 5 rings (SSSR count). The lowest BCUT2D eigenvalue weighted by atomic mass is 9.95. The zero-order valence-electron chi connectivity index (χ0n) is 17.4. The van der Waals surface area contributed by atoms with E-state index in [0.29, 0.717) is 18.2 Å². The summed E-state index contributed by atoms with van der Waals surface area (Å²) in [7, 11) is 1.63. The van der Waals surface area contributed by atoms with Crippen molar-refractivity contribution in [1.82, 2.24) is 20.1 Å². The van der Waals surface area contributed by atoms with E-state index in [2.05, 4.69) is 44.4 Å². The topological polar surface area (TPSA) is 60.6 Å². The van der Waals surface area contributed by atoms with Crippen molar-refractivity contribution in [3.05, 3.63) is 65.4 Å². The summed E-state index contributed by atoms with van der Waals surface area (Å²) in [4.78, 5) is 21.1. The number of fused-ring (bicyclic) bond motifs is 4. The summed E-state index contributed by atoms with van der Waals surface area (Å²) in [6.45, 7) is 5.73. The number of methoxy groups -OCH3 is 1. The second kappa shape index (κ2) is 8.13. The third kappa shape index (κ3) is 3.68. The molecule has 1 saturated heterocycles. The van der Waals surface area contributed by atoms with Crippen LogP contribution in [0, 0.1) is 0 Å². The van der Waals surface area contributed by atoms with E-state index in [9.17, 15) is 4.79 Å². The normalized spacial score (nSPS) is 19.3. The number of para-hydroxylation sites is 1. The van der Waals surface area contributed by atoms with Crippen LogP contribution in [0.25, 0.3) is 10.9 Å². The van der Waals surface area contributed by atoms with Crippen molar-refractivity contribution in [2.75, 3.05) is 39.8 Å². The molecule has 3 aromatic rings. The summed E-state index contributed by atoms with van der Waals surface area (Å²) in [6.07, 6.45) is 1.09. The quantitative estimate of drug-likeness (QED) is 0.686. The first-order valence-electron chi connectivity index (χ1n) is 10.7. The molecular weight excluding hydrogens is 376 g/mol. The fourth-order valence-corrected chi connectivity index (χ4v) is 4.80. The van der Waals surface area contributed by atoms with Gasteiger partial charge in [-0.05, 0) is 42.3 Å². The molecule has 1 atom stereocenters. The third-order valence-corrected chi connectivity index (χ3v) is 6.46. The highest BCUT2D eigenvalue weighted by molar-refractivity contribution is 5.94. The number of hydrogen-bond acceptors (Lipinski definition) is 4. The van der Waals surface area contributed by atoms with E-state index in [4.69, 9.17) is 4.74 Å². The second-order valence-corrected chi connectivity index (χ2v) is 8.24. The predicted molar refractivity (Wildman–Crippen MR) is 118 cm³/mol. The van der Waals surface area contributed by atoms with Gasteiger partial charge in [0.05, 0.1) is 7.11 Å². The number of amides is 1. The average Bonchev–Trinajstić information content (AvgIpc) is 3.15. The van der Waals surface area contributed by atoms with Gasteiger partial charge in [0.1, 0.15) is 5.75 Å². The number of nitrogens with one attached hydrogen (secondary N) is 2. The Morgan fingerprint density at radius 3 is 2.83 bits per heavy atom. The highest BCUT2D eigenvalue weighted by Crippen LogP contribution is 2.31. The molecule has 1 aromatic heterocycles. The summed E-state index contributed by atoms with van der Waals surface area (Å²) >= 11 is 0. The minimum absolute atomic E-state index is 0.0302. The van der Waals surface area contributed by atoms with Gasteiger partial charge in [-0.15, -0.1) is 0 Å². The molecule has 2 aliphatic rings. The van der Waals surface area contributed by atoms with Gasteiger partial charge in [0.25, 0.3) is 5.91 Å². The lowest BCUT2D eigenvalue weighted by molar-refractivity contribution is 0.0600. The molecule has 0 radical (unpaired) electrons. The van der Waals surface area contributed by atoms with Crippen molar-refractivity contribution in [2.24, 2.45) is 0 Å². The Balaban J connectivity index is 1.16. The van der Waals surface area contributed by atoms with E-state index >= 15 is 0 Å². The number of piperazine rings is 1. The number of carbonyl (C=O) groups is 1. The Morgan fingerprint density at radius 1 is 1.17 bits per heavy atom. The van der Waals surface area contributed by atoms with Gasteiger partial charge in [0.2, 0.25) is 0 Å². The van der Waals surface area contributed by atoms with Crippen LogP contribution >= 0.6 is 0 Å². The molecule has 30 heavy (non-hydrogen) atoms. The Hall–Kier alpha value is -2.83. The Bertz CT molecular complexity index is 1040. The molecule has 3 heterocycles. The maximum atomic E-state index is 12.4. The molecule has 6 heteroatoms. The van der Waals surface area contributed by atoms with Gasteiger partial charge in [-0.1, -0.05) is 18.2 Å². The Labute approximate surface area is 176 Å². The molecular formula is C24H28N4O2. The van der Waals surface area contributed by atoms with Crippen molar-refractivity contribution in [2.45, 2.75) is 19.0 Å². The van der Waals surface area contributed by atoms with E-state index < -0.39 is 0 Å². The first kappa shape index (κ1) is 19.2. The van der Waals surface area contributed by atoms with Crippen LogP contribution in [0.4, 0.5) is 0 Å². The van der Waals surface area contributed by atoms with E-state index in [0.717, 1.165) is 44.9 Å². The molecule has 0 unspecified atom stereocenters. The van der Waals surface area contributed by atoms with Gasteiger partial charge in [-0.2, -0.15) is 0 Å². The van der Waals surface area contributed by atoms with Crippen molar-refractivity contribution >= 4 is 16.8 Å². The van der Waals surface area contributed by atoms with Crippen LogP contribution in [-0.2, 0) is 13.0 Å². The average molecular weight is 405 g/mol. The first-order valence-corrected chi connectivity index (χ1v) is 10.7. The number of aromatic amines is 1. The minimum atomic E-state index is -0.0302. The largest absolute Gasteiger partial charge is 0.497 e. The predicted octanol–water partition coefficient (Wildman–Crippen LogP) is 2.65. The highest BCUT2D eigenvalue weighted by atomic mass is 16.5. The van der Waals surface area contributed by atoms with Crippen LogP contribution in [-0.4, -0.2) is 66.6 Å². The summed E-state index contributed by atoms with van der Waals surface area (Å²) < 4.78 is 5.15. The zero-order chi connectivity index (χ0) is 20.5. The molecule has 6 nitrogen and oxygen atoms in total. The maximum absolute atomic E-state index is 12.4. The summed E-state index contributed by atoms with van der Waals surface area (Å²) in [5.41, 5.74) is 4.79. The summed E-state index contributed by atoms with van der Waals surface area (Å²) in [5.74, 6) is 0.729. The van der Waals surface area contributed by atoms with Crippen LogP contribution in [0.2, 0.25) is 0 Å². The summed E-state index contributed by atoms with van der Waals surface area (Å²) in [5, 5.41) is 4.42. The lowest BCUT2D eigenvalue weighted by Crippen LogP contribution is -2.56. The number of nitrogens with zero attached hydrogens (tertiary/aromatic N) is 2. The SMILES string of the molecule is COc1ccc(C(=O)NCCN2CCN3Cc4[nH]c5ccccc5c4C[C@@H]3C2)cc1. The highest BCUT2D eigenvalue weighted by Gasteiger charge is 2.33. The van der Waals surface area contributed by atoms with Gasteiger partial charge >= 0.3 is 0 Å². The molecule has 0 saturated carbocycles. The van der Waals surface area contributed by atoms with E-state index in [1.807, 2.05) is 12.1 Å². The van der Waals surface area contributed by atoms with Gasteiger partial charge < -0.3 is 15.0 Å². The van der Waals surface area contributed by atoms with Gasteiger partial charge in [-0.3, -0.25) is 14.6 Å². The molecule has 0 aliphatic carbocycles. The Kier molecular flexibility index (Phi) is 5.19. The van der Waals surface area contributed by atoms with Crippen molar-refractivity contribution in [1.29, 1.82) is 0 Å². The molecule has 1 amide bonds. The number of benzene rings is 2. The third-order valence-electron chi connectivity index (χ3n) is 6.46. The molecule has 1 fully saturated rings. The van der Waals surface area contributed by atoms with Crippen LogP contribution in [0.1, 0.15) is 21.6 Å². The fraction of sp³-hybridized carbons (Fsp3) is 0.375. The molecule has 0 spiro atoms. The first-order chi connectivity index (χ1) is 14.7. The monoisotopic (exact) mass is 404 g/mol. The van der Waals surface area contributed by atoms with Gasteiger partial charge in [-0.25, -0.2) is 0 Å². The van der Waals surface area contributed by atoms with Crippen LogP contribution in [0.5, 0.6) is 5.75 Å². The molecule has 2 aliphatic heterocycles. The van der Waals surface area contributed by atoms with E-state index in [1.165, 1.54) is 22.2 Å². The number of rotatable bonds is 5. The Morgan fingerprint density at radius 2 is 2.00 bits per heavy atom. The number of aromatic nitrogens is 1. The van der Waals surface area contributed by atoms with Crippen molar-refractivity contribution in [3.8, 4) is 5.75 Å². The number of H-pyrrole nitrogens is 1. The zero-order valence-corrected chi connectivity index (χ0v) is 17.4. The van der Waals surface area contributed by atoms with E-state index in [1.54, 1.807) is 19.2 Å². The standard InChI is InChI=1S/C24H28N4O2/c1-30-19-8-6-17(7-9-19)24(29)25-10-11-27-12-13-28-16-23-21(14-18(28)15-27)20-4-2-3-5-22(20)26-23/h2-9,18,26H,10-16H2,1H3,(H,25,29)/t18-/m1/s1. The van der Waals surface area contributed by atoms with Crippen LogP contribution in [0.3, 0.4) is 0 Å². The molecule has 0 bridgehead atoms. The summed E-state index contributed by atoms with van der Waals surface area (Å²) in [6, 6.07) is 16.4. The van der Waals surface area contributed by atoms with Crippen molar-refractivity contribution < 1.29 is 9.53 Å². The van der Waals surface area contributed by atoms with E-state index in [-0.39, 0.29) is 5.91 Å². The molecule has 156 valence electrons. The lowest BCUT2D eigenvalue weighted by Gasteiger charge is -2.44. The van der Waals surface area contributed by atoms with Crippen LogP contribution in [0.15, 0.2) is 48.5 Å². The number of ether oxygens (including phenoxy) is 1. The number of hydrogen-bond donors (Lipinski definition) is 2. The smallest absolute Gasteiger partial charge is 0.251 e. The van der Waals surface area contributed by atoms with Gasteiger partial charge in [0.15, 0.2) is 0 Å².